The minimum absolute atomic E-state index is 0.216. The van der Waals surface area contributed by atoms with Gasteiger partial charge < -0.3 is 9.73 Å². The Labute approximate surface area is 129 Å². The number of anilines is 1. The van der Waals surface area contributed by atoms with Crippen LogP contribution in [-0.4, -0.2) is 5.71 Å². The summed E-state index contributed by atoms with van der Waals surface area (Å²) in [6.07, 6.45) is 2.52. The van der Waals surface area contributed by atoms with Gasteiger partial charge in [-0.05, 0) is 17.7 Å². The molecule has 0 spiro atoms. The Morgan fingerprint density at radius 3 is 2.41 bits per heavy atom. The Hall–Kier alpha value is -2.81. The first kappa shape index (κ1) is 12.9. The topological polar surface area (TPSA) is 37.5 Å². The molecule has 0 amide bonds. The third kappa shape index (κ3) is 2.42. The van der Waals surface area contributed by atoms with Gasteiger partial charge in [0.1, 0.15) is 0 Å². The summed E-state index contributed by atoms with van der Waals surface area (Å²) in [6.45, 7) is 0. The van der Waals surface area contributed by atoms with E-state index in [1.54, 1.807) is 6.26 Å². The maximum Gasteiger partial charge on any atom is 0.171 e. The van der Waals surface area contributed by atoms with Crippen LogP contribution in [0.4, 0.5) is 11.4 Å². The molecule has 1 N–H and O–H groups in total. The zero-order valence-corrected chi connectivity index (χ0v) is 12.1. The van der Waals surface area contributed by atoms with Crippen LogP contribution in [0.2, 0.25) is 0 Å². The van der Waals surface area contributed by atoms with E-state index in [4.69, 9.17) is 9.41 Å². The number of hydrogen-bond donors (Lipinski definition) is 1. The number of rotatable bonds is 2. The van der Waals surface area contributed by atoms with Crippen molar-refractivity contribution in [1.29, 1.82) is 0 Å². The quantitative estimate of drug-likeness (QED) is 0.724. The van der Waals surface area contributed by atoms with Crippen molar-refractivity contribution in [3.05, 3.63) is 84.3 Å². The number of nitrogens with zero attached hydrogens (tertiary/aromatic N) is 1. The van der Waals surface area contributed by atoms with Gasteiger partial charge >= 0.3 is 0 Å². The first-order valence-electron chi connectivity index (χ1n) is 7.42. The van der Waals surface area contributed by atoms with Crippen molar-refractivity contribution in [3.63, 3.8) is 0 Å². The Bertz CT molecular complexity index is 791. The highest BCUT2D eigenvalue weighted by Crippen LogP contribution is 2.34. The third-order valence-electron chi connectivity index (χ3n) is 3.88. The highest BCUT2D eigenvalue weighted by molar-refractivity contribution is 6.06. The van der Waals surface area contributed by atoms with E-state index in [1.165, 1.54) is 5.56 Å². The summed E-state index contributed by atoms with van der Waals surface area (Å²) < 4.78 is 5.63. The molecule has 0 fully saturated rings. The summed E-state index contributed by atoms with van der Waals surface area (Å²) in [5.74, 6) is 0.844. The number of aliphatic imine (C=N–C) groups is 1. The molecule has 4 rings (SSSR count). The van der Waals surface area contributed by atoms with Crippen LogP contribution >= 0.6 is 0 Å². The van der Waals surface area contributed by atoms with Gasteiger partial charge in [-0.25, -0.2) is 4.99 Å². The predicted molar refractivity (Wildman–Crippen MR) is 88.8 cm³/mol. The lowest BCUT2D eigenvalue weighted by Gasteiger charge is -2.25. The molecule has 0 radical (unpaired) electrons. The fraction of sp³-hybridized carbons (Fsp3) is 0.105. The van der Waals surface area contributed by atoms with E-state index in [9.17, 15) is 0 Å². The van der Waals surface area contributed by atoms with E-state index >= 15 is 0 Å². The van der Waals surface area contributed by atoms with E-state index < -0.39 is 0 Å². The maximum atomic E-state index is 5.63. The second kappa shape index (κ2) is 5.53. The van der Waals surface area contributed by atoms with Crippen LogP contribution in [0.1, 0.15) is 23.8 Å². The zero-order valence-electron chi connectivity index (χ0n) is 12.1. The SMILES string of the molecule is c1ccc(N=C2CC(c3ccccc3)Nc3ccoc32)cc1. The smallest absolute Gasteiger partial charge is 0.171 e. The van der Waals surface area contributed by atoms with Crippen LogP contribution in [0.25, 0.3) is 0 Å². The number of nitrogens with one attached hydrogen (secondary N) is 1. The molecule has 0 bridgehead atoms. The Morgan fingerprint density at radius 1 is 0.909 bits per heavy atom. The summed E-state index contributed by atoms with van der Waals surface area (Å²) in [5, 5.41) is 3.53. The number of para-hydroxylation sites is 1. The Morgan fingerprint density at radius 2 is 1.64 bits per heavy atom. The van der Waals surface area contributed by atoms with E-state index in [1.807, 2.05) is 42.5 Å². The first-order valence-corrected chi connectivity index (χ1v) is 7.42. The maximum absolute atomic E-state index is 5.63. The van der Waals surface area contributed by atoms with Crippen LogP contribution in [-0.2, 0) is 0 Å². The van der Waals surface area contributed by atoms with Crippen LogP contribution in [0.5, 0.6) is 0 Å². The van der Waals surface area contributed by atoms with Crippen molar-refractivity contribution in [2.75, 3.05) is 5.32 Å². The average Bonchev–Trinajstić information content (AvgIpc) is 3.05. The highest BCUT2D eigenvalue weighted by Gasteiger charge is 2.26. The summed E-state index contributed by atoms with van der Waals surface area (Å²) >= 11 is 0. The largest absolute Gasteiger partial charge is 0.461 e. The van der Waals surface area contributed by atoms with E-state index in [-0.39, 0.29) is 6.04 Å². The minimum atomic E-state index is 0.216. The molecule has 0 aliphatic carbocycles. The molecule has 0 saturated carbocycles. The molecular formula is C19H16N2O. The Balaban J connectivity index is 1.74. The van der Waals surface area contributed by atoms with Gasteiger partial charge in [-0.3, -0.25) is 0 Å². The van der Waals surface area contributed by atoms with E-state index in [0.717, 1.165) is 29.3 Å². The highest BCUT2D eigenvalue weighted by atomic mass is 16.3. The predicted octanol–water partition coefficient (Wildman–Crippen LogP) is 4.96. The van der Waals surface area contributed by atoms with Crippen molar-refractivity contribution in [3.8, 4) is 0 Å². The number of fused-ring (bicyclic) bond motifs is 1. The molecular weight excluding hydrogens is 272 g/mol. The summed E-state index contributed by atoms with van der Waals surface area (Å²) in [4.78, 5) is 4.79. The summed E-state index contributed by atoms with van der Waals surface area (Å²) in [7, 11) is 0. The molecule has 108 valence electrons. The summed E-state index contributed by atoms with van der Waals surface area (Å²) in [5.41, 5.74) is 4.21. The standard InChI is InChI=1S/C19H16N2O/c1-3-7-14(8-4-1)17-13-18(19-16(21-17)11-12-22-19)20-15-9-5-2-6-10-15/h1-12,17,21H,13H2. The number of benzene rings is 2. The van der Waals surface area contributed by atoms with Gasteiger partial charge in [0.2, 0.25) is 0 Å². The molecule has 22 heavy (non-hydrogen) atoms. The average molecular weight is 288 g/mol. The van der Waals surface area contributed by atoms with Crippen molar-refractivity contribution >= 4 is 17.1 Å². The fourth-order valence-electron chi connectivity index (χ4n) is 2.81. The third-order valence-corrected chi connectivity index (χ3v) is 3.88. The monoisotopic (exact) mass is 288 g/mol. The normalized spacial score (nSPS) is 18.7. The van der Waals surface area contributed by atoms with Crippen molar-refractivity contribution < 1.29 is 4.42 Å². The number of furan rings is 1. The van der Waals surface area contributed by atoms with Crippen LogP contribution in [0.15, 0.2) is 82.4 Å². The fourth-order valence-corrected chi connectivity index (χ4v) is 2.81. The molecule has 3 aromatic rings. The number of hydrogen-bond acceptors (Lipinski definition) is 3. The molecule has 1 aromatic heterocycles. The van der Waals surface area contributed by atoms with Gasteiger partial charge in [-0.15, -0.1) is 0 Å². The van der Waals surface area contributed by atoms with Crippen molar-refractivity contribution in [2.45, 2.75) is 12.5 Å². The zero-order chi connectivity index (χ0) is 14.8. The Kier molecular flexibility index (Phi) is 3.24. The first-order chi connectivity index (χ1) is 10.9. The molecule has 1 unspecified atom stereocenters. The van der Waals surface area contributed by atoms with Gasteiger partial charge in [0, 0.05) is 12.5 Å². The molecule has 3 nitrogen and oxygen atoms in total. The van der Waals surface area contributed by atoms with E-state index in [2.05, 4.69) is 29.6 Å². The van der Waals surface area contributed by atoms with Crippen molar-refractivity contribution in [2.24, 2.45) is 4.99 Å². The second-order valence-electron chi connectivity index (χ2n) is 5.37. The molecule has 1 aliphatic rings. The van der Waals surface area contributed by atoms with Gasteiger partial charge in [-0.1, -0.05) is 48.5 Å². The lowest BCUT2D eigenvalue weighted by Crippen LogP contribution is -2.22. The van der Waals surface area contributed by atoms with Crippen LogP contribution in [0.3, 0.4) is 0 Å². The van der Waals surface area contributed by atoms with Gasteiger partial charge in [-0.2, -0.15) is 0 Å². The molecule has 0 saturated heterocycles. The second-order valence-corrected chi connectivity index (χ2v) is 5.37. The summed E-state index contributed by atoms with van der Waals surface area (Å²) in [6, 6.07) is 22.6. The van der Waals surface area contributed by atoms with E-state index in [0.29, 0.717) is 0 Å². The van der Waals surface area contributed by atoms with Gasteiger partial charge in [0.05, 0.1) is 29.4 Å². The lowest BCUT2D eigenvalue weighted by atomic mass is 9.95. The molecule has 3 heteroatoms. The van der Waals surface area contributed by atoms with Gasteiger partial charge in [0.25, 0.3) is 0 Å². The minimum Gasteiger partial charge on any atom is -0.461 e. The molecule has 1 atom stereocenters. The molecule has 2 heterocycles. The van der Waals surface area contributed by atoms with Gasteiger partial charge in [0.15, 0.2) is 5.76 Å². The lowest BCUT2D eigenvalue weighted by molar-refractivity contribution is 0.550. The van der Waals surface area contributed by atoms with Crippen LogP contribution in [0, 0.1) is 0 Å². The van der Waals surface area contributed by atoms with Crippen LogP contribution < -0.4 is 5.32 Å². The molecule has 2 aromatic carbocycles. The van der Waals surface area contributed by atoms with Crippen molar-refractivity contribution in [1.82, 2.24) is 0 Å². The molecule has 1 aliphatic heterocycles.